The molecule has 0 amide bonds. The van der Waals surface area contributed by atoms with Gasteiger partial charge in [0.2, 0.25) is 0 Å². The molecule has 0 spiro atoms. The number of halogens is 3. The third-order valence-corrected chi connectivity index (χ3v) is 0.572. The maximum absolute atomic E-state index is 11.3. The zero-order valence-corrected chi connectivity index (χ0v) is 4.87. The van der Waals surface area contributed by atoms with Crippen LogP contribution in [0.3, 0.4) is 0 Å². The molecule has 0 radical (unpaired) electrons. The van der Waals surface area contributed by atoms with E-state index in [1.54, 1.807) is 0 Å². The predicted octanol–water partition coefficient (Wildman–Crippen LogP) is 0.286. The van der Waals surface area contributed by atoms with Crippen molar-refractivity contribution in [1.29, 1.82) is 0 Å². The van der Waals surface area contributed by atoms with Crippen molar-refractivity contribution in [3.05, 3.63) is 0 Å². The van der Waals surface area contributed by atoms with Gasteiger partial charge in [0.25, 0.3) is 0 Å². The van der Waals surface area contributed by atoms with Crippen LogP contribution in [0.5, 0.6) is 0 Å². The fraction of sp³-hybridized carbons (Fsp3) is 1.00. The summed E-state index contributed by atoms with van der Waals surface area (Å²) in [5, 5.41) is 0. The molecule has 1 nitrogen and oxygen atoms in total. The predicted molar refractivity (Wildman–Crippen MR) is 34.8 cm³/mol. The molecule has 0 aliphatic rings. The van der Waals surface area contributed by atoms with E-state index in [2.05, 4.69) is 0 Å². The molecule has 6 heteroatoms. The van der Waals surface area contributed by atoms with Gasteiger partial charge in [0.15, 0.2) is 0 Å². The number of nitrogens with zero attached hydrogens (tertiary/aromatic N) is 1. The van der Waals surface area contributed by atoms with E-state index in [1.165, 1.54) is 14.1 Å². The van der Waals surface area contributed by atoms with Gasteiger partial charge in [0, 0.05) is 0 Å². The minimum atomic E-state index is -4.61. The second-order valence-corrected chi connectivity index (χ2v) is 1.97. The van der Waals surface area contributed by atoms with Crippen molar-refractivity contribution >= 4 is 58.4 Å². The van der Waals surface area contributed by atoms with Gasteiger partial charge in [0.1, 0.15) is 0 Å². The van der Waals surface area contributed by atoms with E-state index >= 15 is 0 Å². The second kappa shape index (κ2) is 5.15. The van der Waals surface area contributed by atoms with Crippen molar-refractivity contribution in [1.82, 2.24) is 4.90 Å². The Hall–Kier alpha value is 1.45. The van der Waals surface area contributed by atoms with Gasteiger partial charge < -0.3 is 17.8 Å². The van der Waals surface area contributed by atoms with E-state index in [9.17, 15) is 12.9 Å². The third-order valence-electron chi connectivity index (χ3n) is 0.572. The van der Waals surface area contributed by atoms with Gasteiger partial charge in [0.05, 0.1) is 0 Å². The first-order valence-corrected chi connectivity index (χ1v) is 2.27. The fourth-order valence-corrected chi connectivity index (χ4v) is 0.414. The Balaban J connectivity index is 0. The Bertz CT molecular complexity index is 73.9. The van der Waals surface area contributed by atoms with E-state index < -0.39 is 13.4 Å². The van der Waals surface area contributed by atoms with Gasteiger partial charge in [-0.1, -0.05) is 0 Å². The third kappa shape index (κ3) is 12.6. The fourth-order valence-electron chi connectivity index (χ4n) is 0.414. The van der Waals surface area contributed by atoms with Crippen molar-refractivity contribution in [3.63, 3.8) is 0 Å². The SMILES string of the molecule is CN(C)C[B-](F)(F)F.[KH]. The van der Waals surface area contributed by atoms with Gasteiger partial charge >= 0.3 is 58.4 Å². The molecule has 0 aromatic carbocycles. The zero-order chi connectivity index (χ0) is 6.78. The Morgan fingerprint density at radius 1 is 1.22 bits per heavy atom. The van der Waals surface area contributed by atoms with E-state index in [1.807, 2.05) is 0 Å². The molecule has 0 unspecified atom stereocenters. The monoisotopic (exact) mass is 166 g/mol. The molecule has 0 heterocycles. The van der Waals surface area contributed by atoms with Crippen LogP contribution in [0, 0.1) is 0 Å². The molecule has 0 fully saturated rings. The van der Waals surface area contributed by atoms with Crippen LogP contribution in [0.25, 0.3) is 0 Å². The molecule has 0 saturated carbocycles. The Labute approximate surface area is 95.5 Å². The summed E-state index contributed by atoms with van der Waals surface area (Å²) in [5.41, 5.74) is 0. The van der Waals surface area contributed by atoms with E-state index in [4.69, 9.17) is 0 Å². The average Bonchev–Trinajstić information content (AvgIpc) is 1.21. The summed E-state index contributed by atoms with van der Waals surface area (Å²) in [4.78, 5) is 1.11. The topological polar surface area (TPSA) is 3.24 Å². The number of hydrogen-bond acceptors (Lipinski definition) is 1. The summed E-state index contributed by atoms with van der Waals surface area (Å²) < 4.78 is 34.0. The minimum absolute atomic E-state index is 0. The Kier molecular flexibility index (Phi) is 7.48. The van der Waals surface area contributed by atoms with E-state index in [0.717, 1.165) is 4.90 Å². The van der Waals surface area contributed by atoms with Crippen LogP contribution in [-0.2, 0) is 0 Å². The first-order valence-electron chi connectivity index (χ1n) is 2.27. The van der Waals surface area contributed by atoms with Gasteiger partial charge in [-0.15, -0.1) is 0 Å². The summed E-state index contributed by atoms with van der Waals surface area (Å²) in [6, 6.07) is 0. The van der Waals surface area contributed by atoms with Crippen LogP contribution in [0.4, 0.5) is 12.9 Å². The van der Waals surface area contributed by atoms with Gasteiger partial charge in [-0.05, 0) is 20.5 Å². The molecular weight excluding hydrogens is 157 g/mol. The van der Waals surface area contributed by atoms with E-state index in [0.29, 0.717) is 0 Å². The van der Waals surface area contributed by atoms with Crippen LogP contribution in [0.1, 0.15) is 0 Å². The zero-order valence-electron chi connectivity index (χ0n) is 4.87. The van der Waals surface area contributed by atoms with Gasteiger partial charge in [-0.25, -0.2) is 0 Å². The summed E-state index contributed by atoms with van der Waals surface area (Å²) in [5.74, 6) is 0. The number of hydrogen-bond donors (Lipinski definition) is 0. The van der Waals surface area contributed by atoms with Crippen LogP contribution in [-0.4, -0.2) is 83.8 Å². The maximum atomic E-state index is 11.3. The van der Waals surface area contributed by atoms with Crippen molar-refractivity contribution in [3.8, 4) is 0 Å². The molecule has 0 aliphatic heterocycles. The molecular formula is C3H9BF3KN-. The van der Waals surface area contributed by atoms with Crippen molar-refractivity contribution in [2.45, 2.75) is 0 Å². The summed E-state index contributed by atoms with van der Waals surface area (Å²) >= 11 is 0. The van der Waals surface area contributed by atoms with Gasteiger partial charge in [-0.2, -0.15) is 0 Å². The molecule has 0 aromatic rings. The second-order valence-electron chi connectivity index (χ2n) is 1.97. The standard InChI is InChI=1S/C3H8BF3N.K.H/c1-8(2)3-4(5,6)7;;/h3H2,1-2H3;;/q-1;;. The Morgan fingerprint density at radius 2 is 1.56 bits per heavy atom. The molecule has 9 heavy (non-hydrogen) atoms. The molecule has 0 aliphatic carbocycles. The Morgan fingerprint density at radius 3 is 1.56 bits per heavy atom. The molecule has 52 valence electrons. The number of rotatable bonds is 2. The molecule has 0 bridgehead atoms. The van der Waals surface area contributed by atoms with Crippen molar-refractivity contribution < 1.29 is 12.9 Å². The summed E-state index contributed by atoms with van der Waals surface area (Å²) in [6.07, 6.45) is -0.778. The van der Waals surface area contributed by atoms with Crippen molar-refractivity contribution in [2.24, 2.45) is 0 Å². The molecule has 0 aromatic heterocycles. The molecule has 0 rings (SSSR count). The van der Waals surface area contributed by atoms with Crippen LogP contribution < -0.4 is 0 Å². The molecule has 0 atom stereocenters. The van der Waals surface area contributed by atoms with Gasteiger partial charge in [-0.3, -0.25) is 0 Å². The van der Waals surface area contributed by atoms with Crippen LogP contribution in [0.15, 0.2) is 0 Å². The first-order chi connectivity index (χ1) is 3.42. The molecule has 0 N–H and O–H groups in total. The quantitative estimate of drug-likeness (QED) is 0.532. The average molecular weight is 166 g/mol. The van der Waals surface area contributed by atoms with Crippen molar-refractivity contribution in [2.75, 3.05) is 20.5 Å². The molecule has 0 saturated heterocycles. The van der Waals surface area contributed by atoms with Crippen LogP contribution >= 0.6 is 0 Å². The normalized spacial score (nSPS) is 11.3. The first kappa shape index (κ1) is 13.1. The summed E-state index contributed by atoms with van der Waals surface area (Å²) in [7, 11) is 2.80. The summed E-state index contributed by atoms with van der Waals surface area (Å²) in [6.45, 7) is -4.61. The van der Waals surface area contributed by atoms with E-state index in [-0.39, 0.29) is 51.4 Å². The van der Waals surface area contributed by atoms with Crippen LogP contribution in [0.2, 0.25) is 0 Å².